The summed E-state index contributed by atoms with van der Waals surface area (Å²) in [6, 6.07) is 19.9. The average Bonchev–Trinajstić information content (AvgIpc) is 3.16. The van der Waals surface area contributed by atoms with E-state index in [2.05, 4.69) is 43.9 Å². The van der Waals surface area contributed by atoms with Crippen LogP contribution in [0.2, 0.25) is 0 Å². The second kappa shape index (κ2) is 10.0. The third kappa shape index (κ3) is 5.18. The Kier molecular flexibility index (Phi) is 6.97. The standard InChI is InChI=1S/C24H28N4OS/c1-19(23(29)21-13-7-3-8-14-21)30-24-26-25-22(18-27-15-9-4-10-16-27)28(24)17-20-11-5-2-6-12-20/h2-3,5-8,11-14,19H,4,9-10,15-18H2,1H3. The lowest BCUT2D eigenvalue weighted by atomic mass is 10.1. The van der Waals surface area contributed by atoms with E-state index in [4.69, 9.17) is 0 Å². The molecule has 0 amide bonds. The van der Waals surface area contributed by atoms with Gasteiger partial charge in [-0.2, -0.15) is 0 Å². The third-order valence-corrected chi connectivity index (χ3v) is 6.58. The first-order valence-electron chi connectivity index (χ1n) is 10.6. The van der Waals surface area contributed by atoms with Gasteiger partial charge in [-0.3, -0.25) is 9.69 Å². The lowest BCUT2D eigenvalue weighted by molar-refractivity contribution is 0.0994. The number of rotatable bonds is 8. The van der Waals surface area contributed by atoms with Crippen LogP contribution in [-0.2, 0) is 13.1 Å². The Morgan fingerprint density at radius 2 is 1.60 bits per heavy atom. The molecule has 0 bridgehead atoms. The molecule has 30 heavy (non-hydrogen) atoms. The smallest absolute Gasteiger partial charge is 0.192 e. The van der Waals surface area contributed by atoms with E-state index >= 15 is 0 Å². The highest BCUT2D eigenvalue weighted by Crippen LogP contribution is 2.26. The number of piperidine rings is 1. The van der Waals surface area contributed by atoms with Crippen LogP contribution in [0.25, 0.3) is 0 Å². The number of nitrogens with zero attached hydrogens (tertiary/aromatic N) is 4. The van der Waals surface area contributed by atoms with Crippen molar-refractivity contribution in [3.8, 4) is 0 Å². The van der Waals surface area contributed by atoms with E-state index < -0.39 is 0 Å². The first kappa shape index (κ1) is 20.8. The molecule has 156 valence electrons. The molecule has 6 heteroatoms. The monoisotopic (exact) mass is 420 g/mol. The Morgan fingerprint density at radius 1 is 0.933 bits per heavy atom. The van der Waals surface area contributed by atoms with Crippen LogP contribution in [-0.4, -0.2) is 43.8 Å². The summed E-state index contributed by atoms with van der Waals surface area (Å²) in [6.07, 6.45) is 3.81. The number of thioether (sulfide) groups is 1. The Morgan fingerprint density at radius 3 is 2.30 bits per heavy atom. The van der Waals surface area contributed by atoms with E-state index in [9.17, 15) is 4.79 Å². The fourth-order valence-electron chi connectivity index (χ4n) is 3.81. The van der Waals surface area contributed by atoms with E-state index in [1.807, 2.05) is 43.3 Å². The highest BCUT2D eigenvalue weighted by Gasteiger charge is 2.22. The topological polar surface area (TPSA) is 51.0 Å². The van der Waals surface area contributed by atoms with Crippen molar-refractivity contribution in [2.45, 2.75) is 49.7 Å². The van der Waals surface area contributed by atoms with Gasteiger partial charge in [-0.25, -0.2) is 0 Å². The predicted octanol–water partition coefficient (Wildman–Crippen LogP) is 4.68. The quantitative estimate of drug-likeness (QED) is 0.391. The molecule has 5 nitrogen and oxygen atoms in total. The van der Waals surface area contributed by atoms with Crippen LogP contribution in [0.5, 0.6) is 0 Å². The van der Waals surface area contributed by atoms with E-state index in [1.54, 1.807) is 0 Å². The summed E-state index contributed by atoms with van der Waals surface area (Å²) >= 11 is 1.50. The number of benzene rings is 2. The molecule has 2 aromatic carbocycles. The molecule has 2 heterocycles. The maximum absolute atomic E-state index is 12.9. The van der Waals surface area contributed by atoms with Gasteiger partial charge in [0.25, 0.3) is 0 Å². The molecule has 1 aromatic heterocycles. The molecule has 0 spiro atoms. The number of ketones is 1. The van der Waals surface area contributed by atoms with Crippen molar-refractivity contribution in [1.29, 1.82) is 0 Å². The molecule has 0 radical (unpaired) electrons. The largest absolute Gasteiger partial charge is 0.300 e. The number of hydrogen-bond acceptors (Lipinski definition) is 5. The summed E-state index contributed by atoms with van der Waals surface area (Å²) in [5.41, 5.74) is 1.95. The van der Waals surface area contributed by atoms with Crippen LogP contribution < -0.4 is 0 Å². The molecule has 0 N–H and O–H groups in total. The Labute approximate surface area is 182 Å². The van der Waals surface area contributed by atoms with Crippen LogP contribution in [0.4, 0.5) is 0 Å². The summed E-state index contributed by atoms with van der Waals surface area (Å²) in [7, 11) is 0. The van der Waals surface area contributed by atoms with Crippen LogP contribution in [0.15, 0.2) is 65.8 Å². The molecular weight excluding hydrogens is 392 g/mol. The van der Waals surface area contributed by atoms with Crippen LogP contribution in [0.3, 0.4) is 0 Å². The molecule has 0 saturated carbocycles. The summed E-state index contributed by atoms with van der Waals surface area (Å²) in [6.45, 7) is 5.70. The van der Waals surface area contributed by atoms with Crippen molar-refractivity contribution < 1.29 is 4.79 Å². The second-order valence-corrected chi connectivity index (χ2v) is 9.11. The zero-order valence-electron chi connectivity index (χ0n) is 17.4. The molecule has 1 saturated heterocycles. The molecule has 1 atom stereocenters. The number of carbonyl (C=O) groups is 1. The van der Waals surface area contributed by atoms with Crippen molar-refractivity contribution in [2.24, 2.45) is 0 Å². The van der Waals surface area contributed by atoms with E-state index in [0.29, 0.717) is 6.54 Å². The summed E-state index contributed by atoms with van der Waals surface area (Å²) in [5, 5.41) is 9.60. The zero-order valence-corrected chi connectivity index (χ0v) is 18.2. The molecule has 1 aliphatic heterocycles. The molecule has 1 aliphatic rings. The van der Waals surface area contributed by atoms with Crippen LogP contribution >= 0.6 is 11.8 Å². The fraction of sp³-hybridized carbons (Fsp3) is 0.375. The van der Waals surface area contributed by atoms with Crippen molar-refractivity contribution in [3.63, 3.8) is 0 Å². The Balaban J connectivity index is 1.55. The first-order valence-corrected chi connectivity index (χ1v) is 11.5. The molecule has 4 rings (SSSR count). The minimum absolute atomic E-state index is 0.118. The van der Waals surface area contributed by atoms with Crippen LogP contribution in [0, 0.1) is 0 Å². The lowest BCUT2D eigenvalue weighted by Gasteiger charge is -2.26. The average molecular weight is 421 g/mol. The highest BCUT2D eigenvalue weighted by atomic mass is 32.2. The Hall–Kier alpha value is -2.44. The van der Waals surface area contributed by atoms with Gasteiger partial charge in [-0.15, -0.1) is 10.2 Å². The predicted molar refractivity (Wildman–Crippen MR) is 121 cm³/mol. The van der Waals surface area contributed by atoms with E-state index in [-0.39, 0.29) is 11.0 Å². The van der Waals surface area contributed by atoms with Gasteiger partial charge in [0.2, 0.25) is 0 Å². The van der Waals surface area contributed by atoms with Crippen molar-refractivity contribution in [2.75, 3.05) is 13.1 Å². The maximum atomic E-state index is 12.9. The van der Waals surface area contributed by atoms with Gasteiger partial charge in [0.1, 0.15) is 5.82 Å². The normalized spacial score (nSPS) is 15.8. The molecule has 1 unspecified atom stereocenters. The third-order valence-electron chi connectivity index (χ3n) is 5.50. The minimum atomic E-state index is -0.228. The number of carbonyl (C=O) groups excluding carboxylic acids is 1. The second-order valence-electron chi connectivity index (χ2n) is 7.80. The number of likely N-dealkylation sites (tertiary alicyclic amines) is 1. The fourth-order valence-corrected chi connectivity index (χ4v) is 4.76. The lowest BCUT2D eigenvalue weighted by Crippen LogP contribution is -2.30. The first-order chi connectivity index (χ1) is 14.7. The van der Waals surface area contributed by atoms with E-state index in [0.717, 1.165) is 36.2 Å². The Bertz CT molecular complexity index is 952. The van der Waals surface area contributed by atoms with Crippen LogP contribution in [0.1, 0.15) is 47.9 Å². The SMILES string of the molecule is CC(Sc1nnc(CN2CCCCC2)n1Cc1ccccc1)C(=O)c1ccccc1. The van der Waals surface area contributed by atoms with Crippen molar-refractivity contribution >= 4 is 17.5 Å². The molecule has 3 aromatic rings. The number of aromatic nitrogens is 3. The van der Waals surface area contributed by atoms with Gasteiger partial charge in [0, 0.05) is 5.56 Å². The maximum Gasteiger partial charge on any atom is 0.192 e. The minimum Gasteiger partial charge on any atom is -0.300 e. The van der Waals surface area contributed by atoms with E-state index in [1.165, 1.54) is 36.6 Å². The summed E-state index contributed by atoms with van der Waals surface area (Å²) in [5.74, 6) is 1.09. The number of Topliss-reactive ketones (excluding diaryl/α,β-unsaturated/α-hetero) is 1. The van der Waals surface area contributed by atoms with Crippen molar-refractivity contribution in [1.82, 2.24) is 19.7 Å². The van der Waals surface area contributed by atoms with Gasteiger partial charge < -0.3 is 4.57 Å². The van der Waals surface area contributed by atoms with Gasteiger partial charge in [-0.1, -0.05) is 78.8 Å². The van der Waals surface area contributed by atoms with Gasteiger partial charge in [0.15, 0.2) is 10.9 Å². The molecular formula is C24H28N4OS. The van der Waals surface area contributed by atoms with Crippen molar-refractivity contribution in [3.05, 3.63) is 77.6 Å². The zero-order chi connectivity index (χ0) is 20.8. The molecule has 0 aliphatic carbocycles. The summed E-state index contributed by atoms with van der Waals surface area (Å²) < 4.78 is 2.18. The molecule has 1 fully saturated rings. The van der Waals surface area contributed by atoms with Gasteiger partial charge in [-0.05, 0) is 38.4 Å². The van der Waals surface area contributed by atoms with Gasteiger partial charge >= 0.3 is 0 Å². The van der Waals surface area contributed by atoms with Gasteiger partial charge in [0.05, 0.1) is 18.3 Å². The summed E-state index contributed by atoms with van der Waals surface area (Å²) in [4.78, 5) is 15.3. The highest BCUT2D eigenvalue weighted by molar-refractivity contribution is 8.00. The number of hydrogen-bond donors (Lipinski definition) is 0.